The second kappa shape index (κ2) is 8.88. The Bertz CT molecular complexity index is 1320. The second-order valence-corrected chi connectivity index (χ2v) is 9.26. The Hall–Kier alpha value is -3.77. The van der Waals surface area contributed by atoms with Crippen molar-refractivity contribution >= 4 is 17.0 Å². The Labute approximate surface area is 202 Å². The van der Waals surface area contributed by atoms with Gasteiger partial charge in [-0.3, -0.25) is 0 Å². The van der Waals surface area contributed by atoms with Crippen LogP contribution < -0.4 is 14.2 Å². The summed E-state index contributed by atoms with van der Waals surface area (Å²) in [5.41, 5.74) is 4.35. The molecule has 0 amide bonds. The molecule has 0 saturated carbocycles. The number of rotatable bonds is 6. The van der Waals surface area contributed by atoms with Crippen molar-refractivity contribution in [2.75, 3.05) is 7.11 Å². The van der Waals surface area contributed by atoms with Crippen molar-refractivity contribution < 1.29 is 14.2 Å². The Morgan fingerprint density at radius 3 is 2.65 bits per heavy atom. The molecule has 0 bridgehead atoms. The number of nitrogens with zero attached hydrogens (tertiary/aromatic N) is 2. The number of para-hydroxylation sites is 1. The predicted molar refractivity (Wildman–Crippen MR) is 134 cm³/mol. The normalized spacial score (nSPS) is 18.5. The van der Waals surface area contributed by atoms with Gasteiger partial charge in [-0.2, -0.15) is 5.10 Å². The molecule has 1 aromatic heterocycles. The van der Waals surface area contributed by atoms with Crippen molar-refractivity contribution in [2.45, 2.75) is 25.3 Å². The van der Waals surface area contributed by atoms with Gasteiger partial charge in [0.2, 0.25) is 6.23 Å². The smallest absolute Gasteiger partial charge is 0.214 e. The Morgan fingerprint density at radius 1 is 0.971 bits per heavy atom. The second-order valence-electron chi connectivity index (χ2n) is 8.32. The van der Waals surface area contributed by atoms with Gasteiger partial charge in [-0.25, -0.2) is 5.01 Å². The number of hydrogen-bond donors (Lipinski definition) is 0. The molecule has 2 atom stereocenters. The molecule has 0 spiro atoms. The van der Waals surface area contributed by atoms with E-state index >= 15 is 0 Å². The number of benzene rings is 3. The first-order chi connectivity index (χ1) is 16.8. The molecule has 4 aromatic rings. The largest absolute Gasteiger partial charge is 0.493 e. The summed E-state index contributed by atoms with van der Waals surface area (Å²) >= 11 is 1.72. The van der Waals surface area contributed by atoms with Crippen LogP contribution in [0, 0.1) is 0 Å². The molecule has 3 heterocycles. The summed E-state index contributed by atoms with van der Waals surface area (Å²) < 4.78 is 18.2. The fraction of sp³-hybridized carbons (Fsp3) is 0.179. The molecule has 2 aliphatic rings. The first-order valence-corrected chi connectivity index (χ1v) is 12.2. The molecule has 0 radical (unpaired) electrons. The SMILES string of the molecule is COc1cc([C@H]2Oc3ccccc3[C@@H]3CC(c4cccs4)=NN23)ccc1OCc1ccccc1. The van der Waals surface area contributed by atoms with Crippen LogP contribution in [0.4, 0.5) is 0 Å². The molecule has 0 fully saturated rings. The zero-order chi connectivity index (χ0) is 22.9. The minimum atomic E-state index is -0.352. The number of fused-ring (bicyclic) bond motifs is 3. The molecule has 170 valence electrons. The third-order valence-electron chi connectivity index (χ3n) is 6.21. The van der Waals surface area contributed by atoms with Crippen molar-refractivity contribution in [1.82, 2.24) is 5.01 Å². The lowest BCUT2D eigenvalue weighted by atomic mass is 9.97. The van der Waals surface area contributed by atoms with Crippen molar-refractivity contribution in [3.8, 4) is 17.2 Å². The van der Waals surface area contributed by atoms with Gasteiger partial charge in [-0.15, -0.1) is 11.3 Å². The van der Waals surface area contributed by atoms with E-state index in [4.69, 9.17) is 19.3 Å². The van der Waals surface area contributed by atoms with Crippen molar-refractivity contribution in [2.24, 2.45) is 5.10 Å². The zero-order valence-electron chi connectivity index (χ0n) is 18.8. The molecule has 6 rings (SSSR count). The number of methoxy groups -OCH3 is 1. The Balaban J connectivity index is 1.33. The molecule has 3 aromatic carbocycles. The molecule has 0 aliphatic carbocycles. The average Bonchev–Trinajstić information content (AvgIpc) is 3.58. The van der Waals surface area contributed by atoms with Crippen LogP contribution in [-0.4, -0.2) is 17.8 Å². The van der Waals surface area contributed by atoms with E-state index in [1.54, 1.807) is 18.4 Å². The van der Waals surface area contributed by atoms with Crippen LogP contribution >= 0.6 is 11.3 Å². The quantitative estimate of drug-likeness (QED) is 0.321. The lowest BCUT2D eigenvalue weighted by Crippen LogP contribution is -2.33. The van der Waals surface area contributed by atoms with Gasteiger partial charge in [0, 0.05) is 17.5 Å². The summed E-state index contributed by atoms with van der Waals surface area (Å²) in [5.74, 6) is 2.28. The molecule has 2 aliphatic heterocycles. The highest BCUT2D eigenvalue weighted by Crippen LogP contribution is 2.48. The maximum absolute atomic E-state index is 6.49. The monoisotopic (exact) mass is 468 g/mol. The van der Waals surface area contributed by atoms with E-state index in [2.05, 4.69) is 34.7 Å². The van der Waals surface area contributed by atoms with Crippen LogP contribution in [0.5, 0.6) is 17.2 Å². The molecule has 0 saturated heterocycles. The number of ether oxygens (including phenoxy) is 3. The highest BCUT2D eigenvalue weighted by Gasteiger charge is 2.41. The van der Waals surface area contributed by atoms with Gasteiger partial charge in [0.05, 0.1) is 23.7 Å². The van der Waals surface area contributed by atoms with Gasteiger partial charge in [-0.1, -0.05) is 54.6 Å². The molecule has 34 heavy (non-hydrogen) atoms. The van der Waals surface area contributed by atoms with E-state index in [9.17, 15) is 0 Å². The lowest BCUT2D eigenvalue weighted by Gasteiger charge is -2.38. The topological polar surface area (TPSA) is 43.3 Å². The first-order valence-electron chi connectivity index (χ1n) is 11.3. The van der Waals surface area contributed by atoms with Gasteiger partial charge in [0.1, 0.15) is 12.4 Å². The number of thiophene rings is 1. The fourth-order valence-corrected chi connectivity index (χ4v) is 5.26. The fourth-order valence-electron chi connectivity index (χ4n) is 4.54. The van der Waals surface area contributed by atoms with Gasteiger partial charge in [0.15, 0.2) is 11.5 Å². The van der Waals surface area contributed by atoms with Crippen LogP contribution in [0.2, 0.25) is 0 Å². The highest BCUT2D eigenvalue weighted by molar-refractivity contribution is 7.12. The Morgan fingerprint density at radius 2 is 1.82 bits per heavy atom. The van der Waals surface area contributed by atoms with Crippen LogP contribution in [-0.2, 0) is 6.61 Å². The van der Waals surface area contributed by atoms with E-state index in [0.29, 0.717) is 18.1 Å². The van der Waals surface area contributed by atoms with E-state index in [0.717, 1.165) is 29.0 Å². The third-order valence-corrected chi connectivity index (χ3v) is 7.13. The molecular weight excluding hydrogens is 444 g/mol. The van der Waals surface area contributed by atoms with Crippen LogP contribution in [0.25, 0.3) is 0 Å². The first kappa shape index (κ1) is 20.8. The summed E-state index contributed by atoms with van der Waals surface area (Å²) in [5, 5.41) is 9.21. The van der Waals surface area contributed by atoms with Gasteiger partial charge in [-0.05, 0) is 41.3 Å². The average molecular weight is 469 g/mol. The van der Waals surface area contributed by atoms with E-state index in [1.165, 1.54) is 10.4 Å². The zero-order valence-corrected chi connectivity index (χ0v) is 19.6. The summed E-state index contributed by atoms with van der Waals surface area (Å²) in [6.45, 7) is 0.479. The van der Waals surface area contributed by atoms with Gasteiger partial charge < -0.3 is 14.2 Å². The van der Waals surface area contributed by atoms with Gasteiger partial charge >= 0.3 is 0 Å². The maximum atomic E-state index is 6.49. The third kappa shape index (κ3) is 3.80. The standard InChI is InChI=1S/C28H24N2O3S/c1-31-26-16-20(13-14-25(26)32-18-19-8-3-2-4-9-19)28-30-23(21-10-5-6-11-24(21)33-28)17-22(29-30)27-12-7-15-34-27/h2-16,23,28H,17-18H2,1H3/t23-,28+/m0/s1. The van der Waals surface area contributed by atoms with E-state index < -0.39 is 0 Å². The summed E-state index contributed by atoms with van der Waals surface area (Å²) in [4.78, 5) is 1.20. The highest BCUT2D eigenvalue weighted by atomic mass is 32.1. The summed E-state index contributed by atoms with van der Waals surface area (Å²) in [6.07, 6.45) is 0.502. The van der Waals surface area contributed by atoms with Crippen LogP contribution in [0.1, 0.15) is 40.3 Å². The summed E-state index contributed by atoms with van der Waals surface area (Å²) in [6, 6.07) is 28.7. The molecule has 6 heteroatoms. The molecule has 0 unspecified atom stereocenters. The van der Waals surface area contributed by atoms with Crippen molar-refractivity contribution in [3.05, 3.63) is 112 Å². The molecule has 0 N–H and O–H groups in total. The van der Waals surface area contributed by atoms with E-state index in [1.807, 2.05) is 60.7 Å². The van der Waals surface area contributed by atoms with Crippen LogP contribution in [0.15, 0.2) is 95.4 Å². The lowest BCUT2D eigenvalue weighted by molar-refractivity contribution is -0.0191. The Kier molecular flexibility index (Phi) is 5.43. The van der Waals surface area contributed by atoms with Crippen molar-refractivity contribution in [1.29, 1.82) is 0 Å². The maximum Gasteiger partial charge on any atom is 0.214 e. The number of hydrogen-bond acceptors (Lipinski definition) is 6. The summed E-state index contributed by atoms with van der Waals surface area (Å²) in [7, 11) is 1.66. The molecule has 5 nitrogen and oxygen atoms in total. The van der Waals surface area contributed by atoms with Crippen molar-refractivity contribution in [3.63, 3.8) is 0 Å². The minimum Gasteiger partial charge on any atom is -0.493 e. The van der Waals surface area contributed by atoms with Gasteiger partial charge in [0.25, 0.3) is 0 Å². The van der Waals surface area contributed by atoms with E-state index in [-0.39, 0.29) is 12.3 Å². The number of hydrazone groups is 1. The predicted octanol–water partition coefficient (Wildman–Crippen LogP) is 6.58. The minimum absolute atomic E-state index is 0.132. The molecular formula is C28H24N2O3S. The van der Waals surface area contributed by atoms with Crippen LogP contribution in [0.3, 0.4) is 0 Å².